The summed E-state index contributed by atoms with van der Waals surface area (Å²) in [6, 6.07) is 6.26. The highest BCUT2D eigenvalue weighted by Gasteiger charge is 2.29. The summed E-state index contributed by atoms with van der Waals surface area (Å²) >= 11 is 1.45. The van der Waals surface area contributed by atoms with Gasteiger partial charge in [0.2, 0.25) is 5.91 Å². The van der Waals surface area contributed by atoms with Gasteiger partial charge in [-0.1, -0.05) is 0 Å². The number of halogens is 1. The number of nitrogens with zero attached hydrogens (tertiary/aromatic N) is 1. The summed E-state index contributed by atoms with van der Waals surface area (Å²) in [5, 5.41) is 0. The van der Waals surface area contributed by atoms with Gasteiger partial charge >= 0.3 is 0 Å². The van der Waals surface area contributed by atoms with Crippen LogP contribution in [-0.4, -0.2) is 42.4 Å². The second kappa shape index (κ2) is 6.79. The third kappa shape index (κ3) is 4.45. The zero-order chi connectivity index (χ0) is 14.7. The average Bonchev–Trinajstić information content (AvgIpc) is 3.20. The van der Waals surface area contributed by atoms with Crippen molar-refractivity contribution in [3.8, 4) is 0 Å². The van der Waals surface area contributed by atoms with Gasteiger partial charge in [-0.25, -0.2) is 4.39 Å². The molecule has 3 nitrogen and oxygen atoms in total. The van der Waals surface area contributed by atoms with Crippen molar-refractivity contribution in [3.05, 3.63) is 30.1 Å². The summed E-state index contributed by atoms with van der Waals surface area (Å²) < 4.78 is 18.7. The third-order valence-corrected chi connectivity index (χ3v) is 4.94. The molecule has 1 saturated heterocycles. The molecular weight excluding hydrogens is 289 g/mol. The van der Waals surface area contributed by atoms with Crippen molar-refractivity contribution in [2.75, 3.05) is 25.4 Å². The minimum atomic E-state index is -0.249. The first-order valence-corrected chi connectivity index (χ1v) is 8.47. The molecule has 21 heavy (non-hydrogen) atoms. The number of amides is 1. The van der Waals surface area contributed by atoms with Crippen molar-refractivity contribution in [1.82, 2.24) is 4.90 Å². The standard InChI is InChI=1S/C16H20FNO2S/c17-13-3-5-15(6-4-13)21-11-16(19)18-8-7-14(9-18)20-10-12-1-2-12/h3-6,12,14H,1-2,7-11H2/t14-/m1/s1. The molecule has 1 heterocycles. The molecule has 114 valence electrons. The zero-order valence-electron chi connectivity index (χ0n) is 12.0. The highest BCUT2D eigenvalue weighted by atomic mass is 32.2. The smallest absolute Gasteiger partial charge is 0.233 e. The number of hydrogen-bond acceptors (Lipinski definition) is 3. The molecule has 1 aromatic carbocycles. The van der Waals surface area contributed by atoms with Crippen LogP contribution in [0.25, 0.3) is 0 Å². The van der Waals surface area contributed by atoms with Crippen molar-refractivity contribution in [3.63, 3.8) is 0 Å². The molecule has 2 fully saturated rings. The van der Waals surface area contributed by atoms with Gasteiger partial charge in [0.25, 0.3) is 0 Å². The molecule has 1 amide bonds. The van der Waals surface area contributed by atoms with Crippen LogP contribution in [0.4, 0.5) is 4.39 Å². The van der Waals surface area contributed by atoms with Gasteiger partial charge in [-0.3, -0.25) is 4.79 Å². The second-order valence-corrected chi connectivity index (χ2v) is 6.82. The fraction of sp³-hybridized carbons (Fsp3) is 0.562. The topological polar surface area (TPSA) is 29.5 Å². The van der Waals surface area contributed by atoms with Crippen molar-refractivity contribution < 1.29 is 13.9 Å². The molecule has 2 aliphatic rings. The lowest BCUT2D eigenvalue weighted by Gasteiger charge is -2.16. The molecule has 0 bridgehead atoms. The van der Waals surface area contributed by atoms with Gasteiger partial charge in [0.1, 0.15) is 5.82 Å². The van der Waals surface area contributed by atoms with Crippen LogP contribution < -0.4 is 0 Å². The van der Waals surface area contributed by atoms with E-state index in [-0.39, 0.29) is 17.8 Å². The maximum atomic E-state index is 12.8. The van der Waals surface area contributed by atoms with Crippen LogP contribution in [-0.2, 0) is 9.53 Å². The minimum absolute atomic E-state index is 0.141. The van der Waals surface area contributed by atoms with Gasteiger partial charge in [0, 0.05) is 24.6 Å². The van der Waals surface area contributed by atoms with Crippen LogP contribution >= 0.6 is 11.8 Å². The van der Waals surface area contributed by atoms with E-state index >= 15 is 0 Å². The third-order valence-electron chi connectivity index (χ3n) is 3.94. The minimum Gasteiger partial charge on any atom is -0.376 e. The fourth-order valence-corrected chi connectivity index (χ4v) is 3.22. The summed E-state index contributed by atoms with van der Waals surface area (Å²) in [4.78, 5) is 15.0. The molecule has 0 N–H and O–H groups in total. The van der Waals surface area contributed by atoms with Crippen molar-refractivity contribution in [2.45, 2.75) is 30.3 Å². The van der Waals surface area contributed by atoms with Crippen LogP contribution in [0.2, 0.25) is 0 Å². The van der Waals surface area contributed by atoms with E-state index in [9.17, 15) is 9.18 Å². The first-order chi connectivity index (χ1) is 10.2. The number of hydrogen-bond donors (Lipinski definition) is 0. The van der Waals surface area contributed by atoms with Crippen LogP contribution in [0.5, 0.6) is 0 Å². The summed E-state index contributed by atoms with van der Waals surface area (Å²) in [6.45, 7) is 2.37. The number of carbonyl (C=O) groups is 1. The van der Waals surface area contributed by atoms with E-state index in [4.69, 9.17) is 4.74 Å². The van der Waals surface area contributed by atoms with E-state index in [0.29, 0.717) is 5.75 Å². The number of carbonyl (C=O) groups excluding carboxylic acids is 1. The molecule has 1 atom stereocenters. The predicted molar refractivity (Wildman–Crippen MR) is 80.8 cm³/mol. The van der Waals surface area contributed by atoms with Gasteiger partial charge in [0.15, 0.2) is 0 Å². The van der Waals surface area contributed by atoms with Crippen molar-refractivity contribution in [1.29, 1.82) is 0 Å². The lowest BCUT2D eigenvalue weighted by molar-refractivity contribution is -0.127. The summed E-state index contributed by atoms with van der Waals surface area (Å²) in [5.41, 5.74) is 0. The Hall–Kier alpha value is -1.07. The second-order valence-electron chi connectivity index (χ2n) is 5.77. The molecule has 1 saturated carbocycles. The van der Waals surface area contributed by atoms with Crippen LogP contribution in [0.3, 0.4) is 0 Å². The van der Waals surface area contributed by atoms with Crippen molar-refractivity contribution in [2.24, 2.45) is 5.92 Å². The Balaban J connectivity index is 1.39. The molecule has 0 spiro atoms. The molecule has 5 heteroatoms. The van der Waals surface area contributed by atoms with Crippen LogP contribution in [0.1, 0.15) is 19.3 Å². The fourth-order valence-electron chi connectivity index (χ4n) is 2.41. The zero-order valence-corrected chi connectivity index (χ0v) is 12.8. The van der Waals surface area contributed by atoms with E-state index in [1.807, 2.05) is 4.90 Å². The first-order valence-electron chi connectivity index (χ1n) is 7.48. The summed E-state index contributed by atoms with van der Waals surface area (Å²) in [5.74, 6) is 1.06. The van der Waals surface area contributed by atoms with E-state index in [0.717, 1.165) is 36.9 Å². The van der Waals surface area contributed by atoms with Gasteiger partial charge in [-0.05, 0) is 49.4 Å². The largest absolute Gasteiger partial charge is 0.376 e. The van der Waals surface area contributed by atoms with Gasteiger partial charge in [-0.2, -0.15) is 0 Å². The summed E-state index contributed by atoms with van der Waals surface area (Å²) in [7, 11) is 0. The molecule has 1 aliphatic heterocycles. The van der Waals surface area contributed by atoms with E-state index in [1.54, 1.807) is 12.1 Å². The first kappa shape index (κ1) is 14.9. The highest BCUT2D eigenvalue weighted by molar-refractivity contribution is 8.00. The number of rotatable bonds is 6. The van der Waals surface area contributed by atoms with Gasteiger partial charge < -0.3 is 9.64 Å². The van der Waals surface area contributed by atoms with E-state index < -0.39 is 0 Å². The molecular formula is C16H20FNO2S. The predicted octanol–water partition coefficient (Wildman–Crippen LogP) is 2.95. The molecule has 0 aromatic heterocycles. The average molecular weight is 309 g/mol. The van der Waals surface area contributed by atoms with E-state index in [1.165, 1.54) is 36.7 Å². The van der Waals surface area contributed by atoms with Crippen LogP contribution in [0.15, 0.2) is 29.2 Å². The Kier molecular flexibility index (Phi) is 4.80. The lowest BCUT2D eigenvalue weighted by Crippen LogP contribution is -2.31. The SMILES string of the molecule is O=C(CSc1ccc(F)cc1)N1CC[C@@H](OCC2CC2)C1. The summed E-state index contributed by atoms with van der Waals surface area (Å²) in [6.07, 6.45) is 3.75. The van der Waals surface area contributed by atoms with Crippen molar-refractivity contribution >= 4 is 17.7 Å². The quantitative estimate of drug-likeness (QED) is 0.757. The Morgan fingerprint density at radius 3 is 2.76 bits per heavy atom. The molecule has 0 unspecified atom stereocenters. The number of likely N-dealkylation sites (tertiary alicyclic amines) is 1. The van der Waals surface area contributed by atoms with E-state index in [2.05, 4.69) is 0 Å². The number of benzene rings is 1. The molecule has 0 radical (unpaired) electrons. The Labute approximate surface area is 128 Å². The Morgan fingerprint density at radius 1 is 1.29 bits per heavy atom. The Bertz CT molecular complexity index is 490. The molecule has 1 aliphatic carbocycles. The van der Waals surface area contributed by atoms with Gasteiger partial charge in [-0.15, -0.1) is 11.8 Å². The normalized spacial score (nSPS) is 21.8. The molecule has 3 rings (SSSR count). The lowest BCUT2D eigenvalue weighted by atomic mass is 10.3. The Morgan fingerprint density at radius 2 is 2.05 bits per heavy atom. The van der Waals surface area contributed by atoms with Gasteiger partial charge in [0.05, 0.1) is 11.9 Å². The molecule has 1 aromatic rings. The maximum absolute atomic E-state index is 12.8. The monoisotopic (exact) mass is 309 g/mol. The number of thioether (sulfide) groups is 1. The van der Waals surface area contributed by atoms with Crippen LogP contribution in [0, 0.1) is 11.7 Å². The maximum Gasteiger partial charge on any atom is 0.233 e. The highest BCUT2D eigenvalue weighted by Crippen LogP contribution is 2.30. The number of ether oxygens (including phenoxy) is 1.